The molecule has 2 unspecified atom stereocenters. The number of hydrogen-bond acceptors (Lipinski definition) is 4. The second-order valence-corrected chi connectivity index (χ2v) is 5.24. The lowest BCUT2D eigenvalue weighted by Gasteiger charge is -2.34. The zero-order valence-electron chi connectivity index (χ0n) is 10.9. The first-order valence-corrected chi connectivity index (χ1v) is 6.65. The average Bonchev–Trinajstić information content (AvgIpc) is 2.75. The van der Waals surface area contributed by atoms with Crippen LogP contribution in [0, 0.1) is 0 Å². The first-order valence-electron chi connectivity index (χ1n) is 6.65. The van der Waals surface area contributed by atoms with Crippen LogP contribution in [-0.2, 0) is 17.5 Å². The average molecular weight is 287 g/mol. The van der Waals surface area contributed by atoms with Gasteiger partial charge in [0, 0.05) is 25.2 Å². The normalized spacial score (nSPS) is 26.1. The third-order valence-electron chi connectivity index (χ3n) is 3.81. The topological polar surface area (TPSA) is 51.4 Å². The Bertz CT molecular complexity index is 494. The molecule has 110 valence electrons. The molecule has 2 aliphatic rings. The van der Waals surface area contributed by atoms with Gasteiger partial charge in [-0.1, -0.05) is 6.07 Å². The molecule has 2 aliphatic heterocycles. The minimum Gasteiger partial charge on any atom is -0.371 e. The lowest BCUT2D eigenvalue weighted by molar-refractivity contribution is -0.141. The smallest absolute Gasteiger partial charge is 0.371 e. The van der Waals surface area contributed by atoms with Gasteiger partial charge in [0.1, 0.15) is 11.5 Å². The molecule has 4 nitrogen and oxygen atoms in total. The Morgan fingerprint density at radius 3 is 2.45 bits per heavy atom. The van der Waals surface area contributed by atoms with Crippen molar-refractivity contribution in [2.24, 2.45) is 5.73 Å². The highest BCUT2D eigenvalue weighted by atomic mass is 19.4. The van der Waals surface area contributed by atoms with Crippen molar-refractivity contribution < 1.29 is 17.9 Å². The van der Waals surface area contributed by atoms with Crippen molar-refractivity contribution in [1.82, 2.24) is 4.98 Å². The number of rotatable bonds is 2. The van der Waals surface area contributed by atoms with Crippen LogP contribution in [0.5, 0.6) is 0 Å². The molecule has 2 N–H and O–H groups in total. The third-order valence-corrected chi connectivity index (χ3v) is 3.81. The van der Waals surface area contributed by atoms with Gasteiger partial charge in [0.25, 0.3) is 0 Å². The Hall–Kier alpha value is -1.34. The number of morpholine rings is 1. The predicted octanol–water partition coefficient (Wildman–Crippen LogP) is 1.93. The Morgan fingerprint density at radius 1 is 1.25 bits per heavy atom. The quantitative estimate of drug-likeness (QED) is 0.903. The molecule has 2 atom stereocenters. The van der Waals surface area contributed by atoms with E-state index in [1.165, 1.54) is 6.07 Å². The summed E-state index contributed by atoms with van der Waals surface area (Å²) in [6, 6.07) is 2.41. The second-order valence-electron chi connectivity index (χ2n) is 5.24. The molecule has 0 aromatic carbocycles. The number of fused-ring (bicyclic) bond motifs is 2. The molecule has 7 heteroatoms. The van der Waals surface area contributed by atoms with Crippen LogP contribution >= 0.6 is 0 Å². The molecule has 0 saturated carbocycles. The van der Waals surface area contributed by atoms with E-state index in [2.05, 4.69) is 4.98 Å². The van der Waals surface area contributed by atoms with E-state index in [0.717, 1.165) is 18.9 Å². The first kappa shape index (κ1) is 13.6. The van der Waals surface area contributed by atoms with Crippen LogP contribution in [0.15, 0.2) is 12.1 Å². The summed E-state index contributed by atoms with van der Waals surface area (Å²) in [7, 11) is 0. The summed E-state index contributed by atoms with van der Waals surface area (Å²) in [6.07, 6.45) is -2.34. The summed E-state index contributed by atoms with van der Waals surface area (Å²) in [4.78, 5) is 5.68. The zero-order chi connectivity index (χ0) is 14.3. The van der Waals surface area contributed by atoms with E-state index in [0.29, 0.717) is 24.5 Å². The summed E-state index contributed by atoms with van der Waals surface area (Å²) < 4.78 is 44.1. The third kappa shape index (κ3) is 2.47. The van der Waals surface area contributed by atoms with E-state index in [4.69, 9.17) is 10.5 Å². The number of anilines is 1. The van der Waals surface area contributed by atoms with Gasteiger partial charge in [-0.15, -0.1) is 0 Å². The highest BCUT2D eigenvalue weighted by Gasteiger charge is 2.37. The summed E-state index contributed by atoms with van der Waals surface area (Å²) in [6.45, 7) is 1.34. The molecule has 1 aromatic rings. The number of pyridine rings is 1. The molecular formula is C13H16F3N3O. The van der Waals surface area contributed by atoms with Gasteiger partial charge in [-0.05, 0) is 18.9 Å². The molecule has 3 rings (SSSR count). The van der Waals surface area contributed by atoms with Crippen molar-refractivity contribution in [3.05, 3.63) is 23.4 Å². The summed E-state index contributed by atoms with van der Waals surface area (Å²) in [5.41, 5.74) is 5.39. The molecule has 1 aromatic heterocycles. The number of halogens is 3. The van der Waals surface area contributed by atoms with Crippen molar-refractivity contribution in [2.75, 3.05) is 18.0 Å². The van der Waals surface area contributed by atoms with Gasteiger partial charge in [0.05, 0.1) is 12.2 Å². The van der Waals surface area contributed by atoms with Crippen LogP contribution in [0.2, 0.25) is 0 Å². The highest BCUT2D eigenvalue weighted by Crippen LogP contribution is 2.33. The van der Waals surface area contributed by atoms with Crippen LogP contribution in [0.1, 0.15) is 24.1 Å². The Labute approximate surface area is 114 Å². The summed E-state index contributed by atoms with van der Waals surface area (Å²) in [5.74, 6) is 0.350. The molecule has 2 bridgehead atoms. The fraction of sp³-hybridized carbons (Fsp3) is 0.615. The molecule has 2 saturated heterocycles. The van der Waals surface area contributed by atoms with Crippen LogP contribution < -0.4 is 10.6 Å². The van der Waals surface area contributed by atoms with Crippen molar-refractivity contribution in [3.63, 3.8) is 0 Å². The molecular weight excluding hydrogens is 271 g/mol. The molecule has 0 radical (unpaired) electrons. The SMILES string of the molecule is NCc1ccc(C(F)(F)F)nc1N1CC2CCC(C1)O2. The fourth-order valence-corrected chi connectivity index (χ4v) is 2.86. The van der Waals surface area contributed by atoms with Gasteiger partial charge in [0.15, 0.2) is 0 Å². The molecule has 0 amide bonds. The lowest BCUT2D eigenvalue weighted by Crippen LogP contribution is -2.43. The Morgan fingerprint density at radius 2 is 1.90 bits per heavy atom. The predicted molar refractivity (Wildman–Crippen MR) is 67.2 cm³/mol. The van der Waals surface area contributed by atoms with E-state index in [-0.39, 0.29) is 18.8 Å². The Balaban J connectivity index is 1.94. The fourth-order valence-electron chi connectivity index (χ4n) is 2.86. The number of nitrogens with two attached hydrogens (primary N) is 1. The first-order chi connectivity index (χ1) is 9.47. The molecule has 3 heterocycles. The Kier molecular flexibility index (Phi) is 3.33. The van der Waals surface area contributed by atoms with E-state index in [9.17, 15) is 13.2 Å². The number of hydrogen-bond donors (Lipinski definition) is 1. The van der Waals surface area contributed by atoms with Crippen LogP contribution in [0.25, 0.3) is 0 Å². The second kappa shape index (κ2) is 4.89. The maximum absolute atomic E-state index is 12.8. The summed E-state index contributed by atoms with van der Waals surface area (Å²) >= 11 is 0. The van der Waals surface area contributed by atoms with Gasteiger partial charge in [-0.3, -0.25) is 0 Å². The maximum Gasteiger partial charge on any atom is 0.433 e. The van der Waals surface area contributed by atoms with Gasteiger partial charge < -0.3 is 15.4 Å². The number of nitrogens with zero attached hydrogens (tertiary/aromatic N) is 2. The number of ether oxygens (including phenoxy) is 1. The van der Waals surface area contributed by atoms with Crippen LogP contribution in [0.3, 0.4) is 0 Å². The monoisotopic (exact) mass is 287 g/mol. The standard InChI is InChI=1S/C13H16F3N3O/c14-13(15,16)11-4-1-8(5-17)12(18-11)19-6-9-2-3-10(7-19)20-9/h1,4,9-10H,2-3,5-7,17H2. The van der Waals surface area contributed by atoms with Crippen molar-refractivity contribution in [3.8, 4) is 0 Å². The maximum atomic E-state index is 12.8. The molecule has 20 heavy (non-hydrogen) atoms. The van der Waals surface area contributed by atoms with E-state index >= 15 is 0 Å². The van der Waals surface area contributed by atoms with Crippen molar-refractivity contribution in [1.29, 1.82) is 0 Å². The van der Waals surface area contributed by atoms with E-state index in [1.54, 1.807) is 0 Å². The van der Waals surface area contributed by atoms with Crippen molar-refractivity contribution in [2.45, 2.75) is 37.8 Å². The summed E-state index contributed by atoms with van der Waals surface area (Å²) in [5, 5.41) is 0. The molecule has 0 aliphatic carbocycles. The van der Waals surface area contributed by atoms with E-state index < -0.39 is 11.9 Å². The number of aromatic nitrogens is 1. The van der Waals surface area contributed by atoms with Crippen molar-refractivity contribution >= 4 is 5.82 Å². The minimum absolute atomic E-state index is 0.0933. The van der Waals surface area contributed by atoms with Gasteiger partial charge >= 0.3 is 6.18 Å². The van der Waals surface area contributed by atoms with Gasteiger partial charge in [0.2, 0.25) is 0 Å². The minimum atomic E-state index is -4.44. The van der Waals surface area contributed by atoms with Crippen LogP contribution in [-0.4, -0.2) is 30.3 Å². The zero-order valence-corrected chi connectivity index (χ0v) is 10.9. The highest BCUT2D eigenvalue weighted by molar-refractivity contribution is 5.49. The van der Waals surface area contributed by atoms with Gasteiger partial charge in [-0.25, -0.2) is 4.98 Å². The number of alkyl halides is 3. The molecule has 2 fully saturated rings. The lowest BCUT2D eigenvalue weighted by atomic mass is 10.2. The molecule has 0 spiro atoms. The van der Waals surface area contributed by atoms with E-state index in [1.807, 2.05) is 4.90 Å². The largest absolute Gasteiger partial charge is 0.433 e. The van der Waals surface area contributed by atoms with Gasteiger partial charge in [-0.2, -0.15) is 13.2 Å². The van der Waals surface area contributed by atoms with Crippen LogP contribution in [0.4, 0.5) is 19.0 Å².